The number of hydrogen-bond acceptors (Lipinski definition) is 4. The lowest BCUT2D eigenvalue weighted by Gasteiger charge is -2.18. The number of nitrogens with zero attached hydrogens (tertiary/aromatic N) is 2. The van der Waals surface area contributed by atoms with E-state index in [-0.39, 0.29) is 22.9 Å². The summed E-state index contributed by atoms with van der Waals surface area (Å²) >= 11 is 0. The summed E-state index contributed by atoms with van der Waals surface area (Å²) in [6, 6.07) is 10.7. The third kappa shape index (κ3) is 3.20. The number of carbonyl (C=O) groups excluding carboxylic acids is 3. The van der Waals surface area contributed by atoms with Crippen LogP contribution in [0.15, 0.2) is 42.5 Å². The molecular formula is C22H20FN3O4. The molecule has 0 spiro atoms. The molecule has 2 amide bonds. The predicted molar refractivity (Wildman–Crippen MR) is 110 cm³/mol. The summed E-state index contributed by atoms with van der Waals surface area (Å²) < 4.78 is 20.4. The molecular weight excluding hydrogens is 389 g/mol. The Kier molecular flexibility index (Phi) is 4.99. The van der Waals surface area contributed by atoms with Crippen LogP contribution in [0.3, 0.4) is 0 Å². The number of rotatable bonds is 4. The highest BCUT2D eigenvalue weighted by atomic mass is 19.1. The molecule has 2 aromatic carbocycles. The fourth-order valence-electron chi connectivity index (χ4n) is 3.88. The number of esters is 1. The van der Waals surface area contributed by atoms with Gasteiger partial charge < -0.3 is 19.5 Å². The molecule has 0 bridgehead atoms. The number of ether oxygens (including phenoxy) is 1. The molecule has 3 aromatic rings. The van der Waals surface area contributed by atoms with Gasteiger partial charge in [0.25, 0.3) is 5.91 Å². The number of carbonyl (C=O) groups is 3. The Morgan fingerprint density at radius 2 is 1.93 bits per heavy atom. The molecule has 1 N–H and O–H groups in total. The summed E-state index contributed by atoms with van der Waals surface area (Å²) in [5.74, 6) is -1.67. The van der Waals surface area contributed by atoms with Gasteiger partial charge in [0.15, 0.2) is 0 Å². The number of benzene rings is 2. The van der Waals surface area contributed by atoms with Gasteiger partial charge in [-0.1, -0.05) is 12.1 Å². The number of anilines is 2. The molecule has 1 saturated heterocycles. The minimum absolute atomic E-state index is 0.115. The maximum Gasteiger partial charge on any atom is 0.339 e. The molecule has 1 aliphatic rings. The average Bonchev–Trinajstić information content (AvgIpc) is 3.27. The van der Waals surface area contributed by atoms with Crippen LogP contribution < -0.4 is 10.2 Å². The van der Waals surface area contributed by atoms with Gasteiger partial charge in [0.2, 0.25) is 5.91 Å². The van der Waals surface area contributed by atoms with E-state index in [0.717, 1.165) is 0 Å². The lowest BCUT2D eigenvalue weighted by molar-refractivity contribution is -0.117. The minimum Gasteiger partial charge on any atom is -0.465 e. The molecule has 1 aliphatic heterocycles. The lowest BCUT2D eigenvalue weighted by atomic mass is 10.1. The van der Waals surface area contributed by atoms with E-state index in [1.54, 1.807) is 41.9 Å². The fourth-order valence-corrected chi connectivity index (χ4v) is 3.88. The van der Waals surface area contributed by atoms with Crippen LogP contribution in [-0.4, -0.2) is 36.0 Å². The Balaban J connectivity index is 1.85. The number of hydrogen-bond donors (Lipinski definition) is 1. The van der Waals surface area contributed by atoms with Gasteiger partial charge in [-0.25, -0.2) is 9.18 Å². The summed E-state index contributed by atoms with van der Waals surface area (Å²) in [6.07, 6.45) is 1.04. The standard InChI is InChI=1S/C22H20FN3O4/c1-25-17-10-9-13(23)12-15(17)19(26-11-5-8-18(26)27)20(25)21(28)24-16-7-4-3-6-14(16)22(29)30-2/h3-4,6-7,9-10,12H,5,8,11H2,1-2H3,(H,24,28). The summed E-state index contributed by atoms with van der Waals surface area (Å²) in [7, 11) is 2.95. The summed E-state index contributed by atoms with van der Waals surface area (Å²) in [4.78, 5) is 39.4. The van der Waals surface area contributed by atoms with Crippen molar-refractivity contribution >= 4 is 40.1 Å². The second kappa shape index (κ2) is 7.62. The molecule has 8 heteroatoms. The highest BCUT2D eigenvalue weighted by Crippen LogP contribution is 2.37. The Bertz CT molecular complexity index is 1180. The van der Waals surface area contributed by atoms with Gasteiger partial charge in [-0.3, -0.25) is 9.59 Å². The quantitative estimate of drug-likeness (QED) is 0.669. The van der Waals surface area contributed by atoms with Gasteiger partial charge in [0, 0.05) is 25.4 Å². The molecule has 1 fully saturated rings. The molecule has 7 nitrogen and oxygen atoms in total. The van der Waals surface area contributed by atoms with E-state index in [0.29, 0.717) is 36.0 Å². The number of fused-ring (bicyclic) bond motifs is 1. The van der Waals surface area contributed by atoms with E-state index >= 15 is 0 Å². The Hall–Kier alpha value is -3.68. The monoisotopic (exact) mass is 409 g/mol. The largest absolute Gasteiger partial charge is 0.465 e. The number of halogens is 1. The van der Waals surface area contributed by atoms with Crippen LogP contribution in [0.1, 0.15) is 33.7 Å². The topological polar surface area (TPSA) is 80.6 Å². The first kappa shape index (κ1) is 19.6. The number of aryl methyl sites for hydroxylation is 1. The van der Waals surface area contributed by atoms with Crippen LogP contribution in [0.25, 0.3) is 10.9 Å². The van der Waals surface area contributed by atoms with E-state index in [2.05, 4.69) is 5.32 Å². The van der Waals surface area contributed by atoms with Gasteiger partial charge in [-0.2, -0.15) is 0 Å². The predicted octanol–water partition coefficient (Wildman–Crippen LogP) is 3.48. The lowest BCUT2D eigenvalue weighted by Crippen LogP contribution is -2.27. The van der Waals surface area contributed by atoms with E-state index in [4.69, 9.17) is 4.74 Å². The summed E-state index contributed by atoms with van der Waals surface area (Å²) in [5, 5.41) is 3.23. The van der Waals surface area contributed by atoms with Crippen LogP contribution in [0.5, 0.6) is 0 Å². The molecule has 4 rings (SSSR count). The first-order valence-electron chi connectivity index (χ1n) is 9.49. The molecule has 0 saturated carbocycles. The van der Waals surface area contributed by atoms with E-state index in [1.165, 1.54) is 24.1 Å². The van der Waals surface area contributed by atoms with Crippen molar-refractivity contribution in [2.24, 2.45) is 7.05 Å². The first-order valence-corrected chi connectivity index (χ1v) is 9.49. The van der Waals surface area contributed by atoms with Crippen LogP contribution >= 0.6 is 0 Å². The fraction of sp³-hybridized carbons (Fsp3) is 0.227. The third-order valence-corrected chi connectivity index (χ3v) is 5.27. The summed E-state index contributed by atoms with van der Waals surface area (Å²) in [6.45, 7) is 0.452. The number of para-hydroxylation sites is 1. The summed E-state index contributed by atoms with van der Waals surface area (Å²) in [5.41, 5.74) is 1.70. The zero-order valence-corrected chi connectivity index (χ0v) is 16.6. The van der Waals surface area contributed by atoms with Crippen molar-refractivity contribution in [3.8, 4) is 0 Å². The molecule has 30 heavy (non-hydrogen) atoms. The SMILES string of the molecule is COC(=O)c1ccccc1NC(=O)c1c(N2CCCC2=O)c2cc(F)ccc2n1C. The van der Waals surface area contributed by atoms with Crippen molar-refractivity contribution in [3.05, 3.63) is 59.5 Å². The average molecular weight is 409 g/mol. The molecule has 1 aromatic heterocycles. The number of methoxy groups -OCH3 is 1. The van der Waals surface area contributed by atoms with Gasteiger partial charge >= 0.3 is 5.97 Å². The van der Waals surface area contributed by atoms with Gasteiger partial charge in [0.05, 0.1) is 29.6 Å². The normalized spacial score (nSPS) is 13.7. The number of amides is 2. The third-order valence-electron chi connectivity index (χ3n) is 5.27. The minimum atomic E-state index is -0.583. The number of aromatic nitrogens is 1. The van der Waals surface area contributed by atoms with Crippen molar-refractivity contribution < 1.29 is 23.5 Å². The van der Waals surface area contributed by atoms with E-state index in [9.17, 15) is 18.8 Å². The van der Waals surface area contributed by atoms with Crippen molar-refractivity contribution in [3.63, 3.8) is 0 Å². The second-order valence-electron chi connectivity index (χ2n) is 7.06. The van der Waals surface area contributed by atoms with Crippen molar-refractivity contribution in [2.75, 3.05) is 23.9 Å². The number of nitrogens with one attached hydrogen (secondary N) is 1. The van der Waals surface area contributed by atoms with Crippen molar-refractivity contribution in [2.45, 2.75) is 12.8 Å². The maximum atomic E-state index is 14.0. The first-order chi connectivity index (χ1) is 14.4. The van der Waals surface area contributed by atoms with Crippen molar-refractivity contribution in [1.82, 2.24) is 4.57 Å². The molecule has 0 unspecified atom stereocenters. The van der Waals surface area contributed by atoms with Crippen LogP contribution in [0.2, 0.25) is 0 Å². The molecule has 0 aliphatic carbocycles. The van der Waals surface area contributed by atoms with Gasteiger partial charge in [-0.15, -0.1) is 0 Å². The molecule has 2 heterocycles. The van der Waals surface area contributed by atoms with E-state index in [1.807, 2.05) is 0 Å². The zero-order chi connectivity index (χ0) is 21.4. The highest BCUT2D eigenvalue weighted by molar-refractivity contribution is 6.18. The Morgan fingerprint density at radius 3 is 2.63 bits per heavy atom. The highest BCUT2D eigenvalue weighted by Gasteiger charge is 2.31. The molecule has 0 atom stereocenters. The molecule has 154 valence electrons. The second-order valence-corrected chi connectivity index (χ2v) is 7.06. The Labute approximate surface area is 172 Å². The van der Waals surface area contributed by atoms with E-state index < -0.39 is 17.7 Å². The van der Waals surface area contributed by atoms with Crippen LogP contribution in [-0.2, 0) is 16.6 Å². The maximum absolute atomic E-state index is 14.0. The van der Waals surface area contributed by atoms with Crippen molar-refractivity contribution in [1.29, 1.82) is 0 Å². The van der Waals surface area contributed by atoms with Crippen LogP contribution in [0, 0.1) is 5.82 Å². The van der Waals surface area contributed by atoms with Crippen LogP contribution in [0.4, 0.5) is 15.8 Å². The van der Waals surface area contributed by atoms with Gasteiger partial charge in [0.1, 0.15) is 11.5 Å². The zero-order valence-electron chi connectivity index (χ0n) is 16.6. The molecule has 0 radical (unpaired) electrons. The Morgan fingerprint density at radius 1 is 1.17 bits per heavy atom. The van der Waals surface area contributed by atoms with Gasteiger partial charge in [-0.05, 0) is 36.8 Å². The smallest absolute Gasteiger partial charge is 0.339 e.